The van der Waals surface area contributed by atoms with Crippen molar-refractivity contribution in [3.63, 3.8) is 0 Å². The quantitative estimate of drug-likeness (QED) is 0.762. The van der Waals surface area contributed by atoms with E-state index in [0.29, 0.717) is 13.0 Å². The number of hydrogen-bond acceptors (Lipinski definition) is 4. The molecule has 2 rings (SSSR count). The lowest BCUT2D eigenvalue weighted by Crippen LogP contribution is -2.49. The summed E-state index contributed by atoms with van der Waals surface area (Å²) in [6.45, 7) is 6.46. The molecule has 1 unspecified atom stereocenters. The number of morpholine rings is 1. The number of hydrogen-bond donors (Lipinski definition) is 2. The first-order valence-electron chi connectivity index (χ1n) is 7.51. The number of carbonyl (C=O) groups excluding carboxylic acids is 1. The first kappa shape index (κ1) is 14.8. The maximum Gasteiger partial charge on any atom is 0.221 e. The zero-order chi connectivity index (χ0) is 13.7. The van der Waals surface area contributed by atoms with Crippen LogP contribution < -0.4 is 11.1 Å². The summed E-state index contributed by atoms with van der Waals surface area (Å²) in [5, 5.41) is 2.98. The van der Waals surface area contributed by atoms with Crippen LogP contribution in [0.1, 0.15) is 39.0 Å². The van der Waals surface area contributed by atoms with Gasteiger partial charge in [0.05, 0.1) is 12.7 Å². The topological polar surface area (TPSA) is 67.6 Å². The number of nitrogens with two attached hydrogens (primary N) is 1. The molecule has 1 amide bonds. The van der Waals surface area contributed by atoms with Crippen LogP contribution in [0, 0.1) is 0 Å². The van der Waals surface area contributed by atoms with Crippen molar-refractivity contribution in [2.75, 3.05) is 32.8 Å². The number of ether oxygens (including phenoxy) is 1. The van der Waals surface area contributed by atoms with Crippen molar-refractivity contribution in [1.29, 1.82) is 0 Å². The van der Waals surface area contributed by atoms with Crippen LogP contribution in [-0.2, 0) is 9.53 Å². The monoisotopic (exact) mass is 269 g/mol. The summed E-state index contributed by atoms with van der Waals surface area (Å²) in [6.07, 6.45) is 4.84. The predicted molar refractivity (Wildman–Crippen MR) is 74.9 cm³/mol. The third-order valence-electron chi connectivity index (χ3n) is 4.31. The Morgan fingerprint density at radius 1 is 1.47 bits per heavy atom. The van der Waals surface area contributed by atoms with Gasteiger partial charge < -0.3 is 15.8 Å². The van der Waals surface area contributed by atoms with E-state index < -0.39 is 0 Å². The SMILES string of the molecule is CCN1CCOC(CNC(=O)CC2(N)CCCC2)C1. The molecular weight excluding hydrogens is 242 g/mol. The minimum atomic E-state index is -0.257. The van der Waals surface area contributed by atoms with Crippen LogP contribution >= 0.6 is 0 Å². The van der Waals surface area contributed by atoms with Crippen LogP contribution in [-0.4, -0.2) is 55.2 Å². The lowest BCUT2D eigenvalue weighted by Gasteiger charge is -2.32. The van der Waals surface area contributed by atoms with Crippen molar-refractivity contribution in [2.45, 2.75) is 50.7 Å². The average molecular weight is 269 g/mol. The number of likely N-dealkylation sites (N-methyl/N-ethyl adjacent to an activating group) is 1. The third-order valence-corrected chi connectivity index (χ3v) is 4.31. The highest BCUT2D eigenvalue weighted by molar-refractivity contribution is 5.77. The van der Waals surface area contributed by atoms with Gasteiger partial charge in [0.1, 0.15) is 0 Å². The second kappa shape index (κ2) is 6.68. The Balaban J connectivity index is 1.68. The standard InChI is InChI=1S/C14H27N3O2/c1-2-17-7-8-19-12(11-17)10-16-13(18)9-14(15)5-3-4-6-14/h12H,2-11,15H2,1H3,(H,16,18). The molecule has 0 aromatic rings. The lowest BCUT2D eigenvalue weighted by atomic mass is 9.94. The summed E-state index contributed by atoms with van der Waals surface area (Å²) in [4.78, 5) is 14.3. The van der Waals surface area contributed by atoms with E-state index in [1.54, 1.807) is 0 Å². The maximum absolute atomic E-state index is 11.9. The van der Waals surface area contributed by atoms with Gasteiger partial charge in [-0.15, -0.1) is 0 Å². The van der Waals surface area contributed by atoms with E-state index in [1.165, 1.54) is 0 Å². The first-order valence-corrected chi connectivity index (χ1v) is 7.51. The molecule has 1 aliphatic carbocycles. The van der Waals surface area contributed by atoms with E-state index in [2.05, 4.69) is 17.1 Å². The molecule has 1 heterocycles. The van der Waals surface area contributed by atoms with E-state index in [-0.39, 0.29) is 17.6 Å². The second-order valence-electron chi connectivity index (χ2n) is 5.94. The van der Waals surface area contributed by atoms with Crippen LogP contribution in [0.5, 0.6) is 0 Å². The number of amides is 1. The summed E-state index contributed by atoms with van der Waals surface area (Å²) < 4.78 is 5.67. The zero-order valence-electron chi connectivity index (χ0n) is 12.0. The van der Waals surface area contributed by atoms with Crippen LogP contribution in [0.25, 0.3) is 0 Å². The molecule has 1 saturated carbocycles. The molecule has 5 nitrogen and oxygen atoms in total. The van der Waals surface area contributed by atoms with Crippen molar-refractivity contribution in [3.05, 3.63) is 0 Å². The minimum Gasteiger partial charge on any atom is -0.374 e. The second-order valence-corrected chi connectivity index (χ2v) is 5.94. The van der Waals surface area contributed by atoms with Gasteiger partial charge in [0.2, 0.25) is 5.91 Å². The van der Waals surface area contributed by atoms with Crippen LogP contribution in [0.15, 0.2) is 0 Å². The molecule has 2 aliphatic rings. The highest BCUT2D eigenvalue weighted by Crippen LogP contribution is 2.29. The summed E-state index contributed by atoms with van der Waals surface area (Å²) in [6, 6.07) is 0. The van der Waals surface area contributed by atoms with E-state index in [4.69, 9.17) is 10.5 Å². The van der Waals surface area contributed by atoms with Crippen LogP contribution in [0.4, 0.5) is 0 Å². The molecule has 0 aromatic heterocycles. The summed E-state index contributed by atoms with van der Waals surface area (Å²) in [7, 11) is 0. The number of nitrogens with zero attached hydrogens (tertiary/aromatic N) is 1. The smallest absolute Gasteiger partial charge is 0.221 e. The molecule has 3 N–H and O–H groups in total. The molecule has 5 heteroatoms. The summed E-state index contributed by atoms with van der Waals surface area (Å²) >= 11 is 0. The van der Waals surface area contributed by atoms with Crippen molar-refractivity contribution in [2.24, 2.45) is 5.73 Å². The Morgan fingerprint density at radius 3 is 2.89 bits per heavy atom. The third kappa shape index (κ3) is 4.44. The van der Waals surface area contributed by atoms with Gasteiger partial charge in [-0.1, -0.05) is 19.8 Å². The minimum absolute atomic E-state index is 0.0709. The molecule has 0 bridgehead atoms. The average Bonchev–Trinajstić information content (AvgIpc) is 2.83. The highest BCUT2D eigenvalue weighted by Gasteiger charge is 2.31. The summed E-state index contributed by atoms with van der Waals surface area (Å²) in [5.74, 6) is 0.0709. The Morgan fingerprint density at radius 2 is 2.21 bits per heavy atom. The van der Waals surface area contributed by atoms with Crippen LogP contribution in [0.2, 0.25) is 0 Å². The number of rotatable bonds is 5. The Labute approximate surface area is 115 Å². The molecule has 0 aromatic carbocycles. The van der Waals surface area contributed by atoms with Crippen LogP contribution in [0.3, 0.4) is 0 Å². The first-order chi connectivity index (χ1) is 9.11. The fourth-order valence-corrected chi connectivity index (χ4v) is 3.06. The molecule has 1 atom stereocenters. The Bertz CT molecular complexity index is 303. The fraction of sp³-hybridized carbons (Fsp3) is 0.929. The van der Waals surface area contributed by atoms with Gasteiger partial charge in [-0.25, -0.2) is 0 Å². The Kier molecular flexibility index (Phi) is 5.19. The molecule has 2 fully saturated rings. The highest BCUT2D eigenvalue weighted by atomic mass is 16.5. The van der Waals surface area contributed by atoms with Gasteiger partial charge in [-0.2, -0.15) is 0 Å². The van der Waals surface area contributed by atoms with E-state index in [9.17, 15) is 4.79 Å². The van der Waals surface area contributed by atoms with E-state index in [1.807, 2.05) is 0 Å². The van der Waals surface area contributed by atoms with Crippen molar-refractivity contribution < 1.29 is 9.53 Å². The molecule has 0 radical (unpaired) electrons. The van der Waals surface area contributed by atoms with Gasteiger partial charge in [0.15, 0.2) is 0 Å². The van der Waals surface area contributed by atoms with Crippen molar-refractivity contribution >= 4 is 5.91 Å². The molecule has 19 heavy (non-hydrogen) atoms. The van der Waals surface area contributed by atoms with E-state index in [0.717, 1.165) is 51.9 Å². The fourth-order valence-electron chi connectivity index (χ4n) is 3.06. The zero-order valence-corrected chi connectivity index (χ0v) is 12.0. The number of carbonyl (C=O) groups is 1. The van der Waals surface area contributed by atoms with Gasteiger partial charge in [0.25, 0.3) is 0 Å². The summed E-state index contributed by atoms with van der Waals surface area (Å²) in [5.41, 5.74) is 5.96. The molecule has 1 saturated heterocycles. The molecular formula is C14H27N3O2. The predicted octanol–water partition coefficient (Wildman–Crippen LogP) is 0.485. The lowest BCUT2D eigenvalue weighted by molar-refractivity contribution is -0.123. The van der Waals surface area contributed by atoms with Crippen molar-refractivity contribution in [3.8, 4) is 0 Å². The van der Waals surface area contributed by atoms with Gasteiger partial charge in [-0.05, 0) is 19.4 Å². The Hall–Kier alpha value is -0.650. The van der Waals surface area contributed by atoms with Gasteiger partial charge >= 0.3 is 0 Å². The molecule has 1 aliphatic heterocycles. The van der Waals surface area contributed by atoms with Gasteiger partial charge in [-0.3, -0.25) is 9.69 Å². The molecule has 0 spiro atoms. The maximum atomic E-state index is 11.9. The van der Waals surface area contributed by atoms with Gasteiger partial charge in [0, 0.05) is 31.6 Å². The number of nitrogens with one attached hydrogen (secondary N) is 1. The normalized spacial score (nSPS) is 27.4. The van der Waals surface area contributed by atoms with E-state index >= 15 is 0 Å². The van der Waals surface area contributed by atoms with Crippen molar-refractivity contribution in [1.82, 2.24) is 10.2 Å². The largest absolute Gasteiger partial charge is 0.374 e. The molecule has 110 valence electrons.